The summed E-state index contributed by atoms with van der Waals surface area (Å²) in [5.74, 6) is 0.703. The number of amides is 2. The van der Waals surface area contributed by atoms with Crippen molar-refractivity contribution in [2.24, 2.45) is 0 Å². The molecule has 2 amide bonds. The van der Waals surface area contributed by atoms with Crippen LogP contribution in [0.5, 0.6) is 11.5 Å². The summed E-state index contributed by atoms with van der Waals surface area (Å²) in [7, 11) is 3.12. The van der Waals surface area contributed by atoms with Crippen molar-refractivity contribution in [1.29, 1.82) is 0 Å². The second-order valence-corrected chi connectivity index (χ2v) is 10.8. The molecule has 2 fully saturated rings. The number of carbonyl (C=O) groups excluding carboxylic acids is 2. The molecule has 10 heteroatoms. The van der Waals surface area contributed by atoms with Gasteiger partial charge in [0.15, 0.2) is 5.11 Å². The molecule has 1 atom stereocenters. The number of hydrogen-bond donors (Lipinski definition) is 2. The minimum Gasteiger partial charge on any atom is -0.497 e. The maximum Gasteiger partial charge on any atom is 0.250 e. The van der Waals surface area contributed by atoms with Gasteiger partial charge in [0.25, 0.3) is 0 Å². The van der Waals surface area contributed by atoms with Crippen molar-refractivity contribution in [3.05, 3.63) is 84.2 Å². The number of thiocarbonyl (C=S) groups is 1. The van der Waals surface area contributed by atoms with Crippen molar-refractivity contribution >= 4 is 34.8 Å². The summed E-state index contributed by atoms with van der Waals surface area (Å²) in [6.45, 7) is 0.893. The molecular formula is C31H35N5O4S. The van der Waals surface area contributed by atoms with Gasteiger partial charge in [0, 0.05) is 31.5 Å². The van der Waals surface area contributed by atoms with Gasteiger partial charge in [-0.15, -0.1) is 0 Å². The van der Waals surface area contributed by atoms with Crippen molar-refractivity contribution in [1.82, 2.24) is 20.1 Å². The maximum absolute atomic E-state index is 14.2. The Morgan fingerprint density at radius 3 is 2.56 bits per heavy atom. The predicted octanol–water partition coefficient (Wildman–Crippen LogP) is 4.31. The summed E-state index contributed by atoms with van der Waals surface area (Å²) in [5, 5.41) is 6.94. The minimum atomic E-state index is -1.04. The van der Waals surface area contributed by atoms with Crippen LogP contribution in [0.3, 0.4) is 0 Å². The maximum atomic E-state index is 14.2. The Labute approximate surface area is 245 Å². The molecule has 3 aromatic rings. The summed E-state index contributed by atoms with van der Waals surface area (Å²) < 4.78 is 10.8. The fourth-order valence-corrected chi connectivity index (χ4v) is 6.00. The molecule has 0 bridgehead atoms. The molecule has 1 aliphatic carbocycles. The molecule has 1 saturated carbocycles. The van der Waals surface area contributed by atoms with Crippen LogP contribution in [-0.2, 0) is 16.1 Å². The van der Waals surface area contributed by atoms with E-state index in [-0.39, 0.29) is 30.9 Å². The molecule has 0 spiro atoms. The van der Waals surface area contributed by atoms with Crippen molar-refractivity contribution in [3.8, 4) is 11.5 Å². The number of nitrogens with one attached hydrogen (secondary N) is 2. The third-order valence-corrected chi connectivity index (χ3v) is 8.28. The van der Waals surface area contributed by atoms with E-state index in [1.807, 2.05) is 47.4 Å². The number of ether oxygens (including phenoxy) is 2. The smallest absolute Gasteiger partial charge is 0.250 e. The third-order valence-electron chi connectivity index (χ3n) is 7.91. The monoisotopic (exact) mass is 573 g/mol. The minimum absolute atomic E-state index is 0.00505. The van der Waals surface area contributed by atoms with Crippen LogP contribution in [0.1, 0.15) is 42.9 Å². The fourth-order valence-electron chi connectivity index (χ4n) is 5.72. The lowest BCUT2D eigenvalue weighted by atomic mass is 9.92. The SMILES string of the molecule is COc1ccc(NC(=O)C2(N(Cc3cccnc3)C(=O)CN3C[C@H](c4ccccc4)NC3=S)CCCC2)c(OC)c1. The van der Waals surface area contributed by atoms with Gasteiger partial charge in [0.2, 0.25) is 11.8 Å². The topological polar surface area (TPSA) is 96.0 Å². The van der Waals surface area contributed by atoms with Crippen LogP contribution in [0.15, 0.2) is 73.1 Å². The highest BCUT2D eigenvalue weighted by Crippen LogP contribution is 2.39. The van der Waals surface area contributed by atoms with E-state index in [4.69, 9.17) is 21.7 Å². The zero-order valence-electron chi connectivity index (χ0n) is 23.3. The first kappa shape index (κ1) is 28.4. The van der Waals surface area contributed by atoms with Gasteiger partial charge in [-0.05, 0) is 54.4 Å². The first-order chi connectivity index (χ1) is 19.9. The molecule has 2 N–H and O–H groups in total. The van der Waals surface area contributed by atoms with Crippen molar-refractivity contribution in [3.63, 3.8) is 0 Å². The average Bonchev–Trinajstić information content (AvgIpc) is 3.65. The molecule has 2 heterocycles. The van der Waals surface area contributed by atoms with E-state index >= 15 is 0 Å². The van der Waals surface area contributed by atoms with E-state index in [9.17, 15) is 9.59 Å². The highest BCUT2D eigenvalue weighted by molar-refractivity contribution is 7.80. The highest BCUT2D eigenvalue weighted by atomic mass is 32.1. The van der Waals surface area contributed by atoms with Crippen LogP contribution in [0.2, 0.25) is 0 Å². The molecule has 214 valence electrons. The zero-order valence-corrected chi connectivity index (χ0v) is 24.2. The Kier molecular flexibility index (Phi) is 8.68. The van der Waals surface area contributed by atoms with Crippen LogP contribution >= 0.6 is 12.2 Å². The Balaban J connectivity index is 1.42. The van der Waals surface area contributed by atoms with E-state index in [1.54, 1.807) is 49.7 Å². The molecule has 0 radical (unpaired) electrons. The van der Waals surface area contributed by atoms with Gasteiger partial charge < -0.3 is 29.9 Å². The summed E-state index contributed by atoms with van der Waals surface area (Å²) in [4.78, 5) is 36.3. The second-order valence-electron chi connectivity index (χ2n) is 10.4. The van der Waals surface area contributed by atoms with Gasteiger partial charge >= 0.3 is 0 Å². The normalized spacial score (nSPS) is 17.6. The van der Waals surface area contributed by atoms with Gasteiger partial charge in [-0.2, -0.15) is 0 Å². The lowest BCUT2D eigenvalue weighted by Crippen LogP contribution is -2.59. The number of benzene rings is 2. The average molecular weight is 574 g/mol. The number of carbonyl (C=O) groups is 2. The van der Waals surface area contributed by atoms with E-state index in [1.165, 1.54) is 0 Å². The molecule has 1 aliphatic heterocycles. The number of anilines is 1. The van der Waals surface area contributed by atoms with Gasteiger partial charge in [0.05, 0.1) is 32.5 Å². The number of methoxy groups -OCH3 is 2. The Bertz CT molecular complexity index is 1380. The largest absolute Gasteiger partial charge is 0.497 e. The van der Waals surface area contributed by atoms with E-state index in [0.29, 0.717) is 41.7 Å². The Hall–Kier alpha value is -4.18. The second kappa shape index (κ2) is 12.6. The summed E-state index contributed by atoms with van der Waals surface area (Å²) in [6, 6.07) is 19.0. The molecule has 1 aromatic heterocycles. The number of rotatable bonds is 10. The number of nitrogens with zero attached hydrogens (tertiary/aromatic N) is 3. The summed E-state index contributed by atoms with van der Waals surface area (Å²) >= 11 is 5.63. The van der Waals surface area contributed by atoms with Crippen LogP contribution < -0.4 is 20.1 Å². The lowest BCUT2D eigenvalue weighted by Gasteiger charge is -2.41. The third kappa shape index (κ3) is 6.12. The molecule has 41 heavy (non-hydrogen) atoms. The van der Waals surface area contributed by atoms with Gasteiger partial charge in [-0.3, -0.25) is 14.6 Å². The molecule has 0 unspecified atom stereocenters. The van der Waals surface area contributed by atoms with Crippen LogP contribution in [0.4, 0.5) is 5.69 Å². The van der Waals surface area contributed by atoms with E-state index in [0.717, 1.165) is 24.0 Å². The first-order valence-electron chi connectivity index (χ1n) is 13.8. The molecule has 2 aliphatic rings. The quantitative estimate of drug-likeness (QED) is 0.347. The molecule has 9 nitrogen and oxygen atoms in total. The van der Waals surface area contributed by atoms with Gasteiger partial charge in [-0.25, -0.2) is 0 Å². The molecular weight excluding hydrogens is 538 g/mol. The molecule has 1 saturated heterocycles. The highest BCUT2D eigenvalue weighted by Gasteiger charge is 2.49. The van der Waals surface area contributed by atoms with E-state index < -0.39 is 5.54 Å². The Morgan fingerprint density at radius 2 is 1.88 bits per heavy atom. The van der Waals surface area contributed by atoms with Crippen molar-refractivity contribution < 1.29 is 19.1 Å². The van der Waals surface area contributed by atoms with Crippen molar-refractivity contribution in [2.45, 2.75) is 43.8 Å². The molecule has 5 rings (SSSR count). The number of pyridine rings is 1. The standard InChI is InChI=1S/C31H35N5O4S/c1-39-24-12-13-25(27(17-24)40-2)33-29(38)31(14-6-7-15-31)36(19-22-9-8-16-32-18-22)28(37)21-35-20-26(34-30(35)41)23-10-4-3-5-11-23/h3-5,8-13,16-18,26H,6-7,14-15,19-21H2,1-2H3,(H,33,38)(H,34,41)/t26-/m1/s1. The van der Waals surface area contributed by atoms with Gasteiger partial charge in [0.1, 0.15) is 17.0 Å². The van der Waals surface area contributed by atoms with Crippen LogP contribution in [0, 0.1) is 0 Å². The first-order valence-corrected chi connectivity index (χ1v) is 14.2. The zero-order chi connectivity index (χ0) is 28.8. The van der Waals surface area contributed by atoms with E-state index in [2.05, 4.69) is 15.6 Å². The predicted molar refractivity (Wildman–Crippen MR) is 161 cm³/mol. The van der Waals surface area contributed by atoms with Gasteiger partial charge in [-0.1, -0.05) is 49.2 Å². The Morgan fingerprint density at radius 1 is 1.10 bits per heavy atom. The summed E-state index contributed by atoms with van der Waals surface area (Å²) in [5.41, 5.74) is 1.45. The number of aromatic nitrogens is 1. The van der Waals surface area contributed by atoms with Crippen LogP contribution in [-0.4, -0.2) is 64.6 Å². The summed E-state index contributed by atoms with van der Waals surface area (Å²) in [6.07, 6.45) is 6.22. The molecule has 2 aromatic carbocycles. The number of hydrogen-bond acceptors (Lipinski definition) is 6. The lowest BCUT2D eigenvalue weighted by molar-refractivity contribution is -0.146. The van der Waals surface area contributed by atoms with Crippen molar-refractivity contribution in [2.75, 3.05) is 32.6 Å². The van der Waals surface area contributed by atoms with Crippen LogP contribution in [0.25, 0.3) is 0 Å². The fraction of sp³-hybridized carbons (Fsp3) is 0.355.